The molecular formula is C25H26ClN5O3. The minimum Gasteiger partial charge on any atom is -0.494 e. The van der Waals surface area contributed by atoms with Gasteiger partial charge in [0, 0.05) is 30.8 Å². The maximum Gasteiger partial charge on any atom is 0.332 e. The second-order valence-corrected chi connectivity index (χ2v) is 8.82. The van der Waals surface area contributed by atoms with Crippen LogP contribution in [0.1, 0.15) is 25.3 Å². The van der Waals surface area contributed by atoms with Crippen LogP contribution in [0.3, 0.4) is 0 Å². The van der Waals surface area contributed by atoms with Crippen molar-refractivity contribution in [3.05, 3.63) is 80.0 Å². The van der Waals surface area contributed by atoms with E-state index in [1.54, 1.807) is 19.2 Å². The van der Waals surface area contributed by atoms with Crippen LogP contribution in [0.15, 0.2) is 58.1 Å². The third-order valence-corrected chi connectivity index (χ3v) is 6.39. The fourth-order valence-corrected chi connectivity index (χ4v) is 4.72. The van der Waals surface area contributed by atoms with E-state index in [4.69, 9.17) is 21.3 Å². The summed E-state index contributed by atoms with van der Waals surface area (Å²) in [4.78, 5) is 33.7. The van der Waals surface area contributed by atoms with Gasteiger partial charge in [-0.05, 0) is 61.7 Å². The van der Waals surface area contributed by atoms with Gasteiger partial charge in [-0.1, -0.05) is 23.7 Å². The molecule has 0 unspecified atom stereocenters. The quantitative estimate of drug-likeness (QED) is 0.433. The lowest BCUT2D eigenvalue weighted by Crippen LogP contribution is -2.40. The van der Waals surface area contributed by atoms with Gasteiger partial charge in [0.15, 0.2) is 11.2 Å². The van der Waals surface area contributed by atoms with Gasteiger partial charge in [-0.2, -0.15) is 4.98 Å². The number of aryl methyl sites for hydroxylation is 2. The number of aromatic nitrogens is 4. The van der Waals surface area contributed by atoms with Gasteiger partial charge in [0.2, 0.25) is 5.95 Å². The number of imidazole rings is 1. The van der Waals surface area contributed by atoms with Crippen LogP contribution in [0.4, 0.5) is 11.6 Å². The van der Waals surface area contributed by atoms with Crippen LogP contribution in [0.5, 0.6) is 5.75 Å². The molecule has 0 saturated carbocycles. The highest BCUT2D eigenvalue weighted by Crippen LogP contribution is 2.31. The van der Waals surface area contributed by atoms with Gasteiger partial charge in [-0.3, -0.25) is 13.9 Å². The van der Waals surface area contributed by atoms with Crippen molar-refractivity contribution >= 4 is 34.4 Å². The molecule has 176 valence electrons. The molecule has 0 radical (unpaired) electrons. The molecule has 9 heteroatoms. The molecule has 0 fully saturated rings. The maximum absolute atomic E-state index is 13.6. The van der Waals surface area contributed by atoms with Crippen molar-refractivity contribution in [2.24, 2.45) is 7.05 Å². The topological polar surface area (TPSA) is 74.3 Å². The molecule has 5 rings (SSSR count). The number of rotatable bonds is 5. The molecule has 0 bridgehead atoms. The van der Waals surface area contributed by atoms with E-state index in [1.165, 1.54) is 9.13 Å². The Morgan fingerprint density at radius 3 is 2.56 bits per heavy atom. The molecule has 4 aromatic rings. The minimum atomic E-state index is -0.404. The Morgan fingerprint density at radius 2 is 1.82 bits per heavy atom. The number of ether oxygens (including phenoxy) is 1. The van der Waals surface area contributed by atoms with Crippen LogP contribution in [0.25, 0.3) is 11.2 Å². The Bertz CT molecular complexity index is 1470. The summed E-state index contributed by atoms with van der Waals surface area (Å²) >= 11 is 6.12. The first-order chi connectivity index (χ1) is 16.5. The van der Waals surface area contributed by atoms with Gasteiger partial charge in [-0.15, -0.1) is 0 Å². The van der Waals surface area contributed by atoms with Crippen LogP contribution in [0.2, 0.25) is 5.02 Å². The van der Waals surface area contributed by atoms with E-state index < -0.39 is 5.69 Å². The SMILES string of the molecule is CCOc1ccc(N2CCCCn3c2nc2c3c(=O)n(Cc3cccc(Cl)c3)c(=O)n2C)cc1. The van der Waals surface area contributed by atoms with Crippen LogP contribution in [-0.4, -0.2) is 31.8 Å². The van der Waals surface area contributed by atoms with E-state index >= 15 is 0 Å². The van der Waals surface area contributed by atoms with Gasteiger partial charge < -0.3 is 14.2 Å². The maximum atomic E-state index is 13.6. The lowest BCUT2D eigenvalue weighted by molar-refractivity contribution is 0.340. The zero-order valence-corrected chi connectivity index (χ0v) is 20.0. The predicted octanol–water partition coefficient (Wildman–Crippen LogP) is 3.93. The molecule has 1 aliphatic heterocycles. The van der Waals surface area contributed by atoms with Crippen LogP contribution >= 0.6 is 11.6 Å². The van der Waals surface area contributed by atoms with Gasteiger partial charge in [0.05, 0.1) is 13.2 Å². The van der Waals surface area contributed by atoms with E-state index in [0.29, 0.717) is 35.3 Å². The number of halogens is 1. The van der Waals surface area contributed by atoms with Crippen LogP contribution < -0.4 is 20.9 Å². The summed E-state index contributed by atoms with van der Waals surface area (Å²) in [7, 11) is 1.66. The Labute approximate surface area is 201 Å². The molecule has 8 nitrogen and oxygen atoms in total. The van der Waals surface area contributed by atoms with Crippen LogP contribution in [0, 0.1) is 0 Å². The fraction of sp³-hybridized carbons (Fsp3) is 0.320. The van der Waals surface area contributed by atoms with E-state index in [9.17, 15) is 9.59 Å². The highest BCUT2D eigenvalue weighted by Gasteiger charge is 2.26. The molecule has 2 aromatic heterocycles. The lowest BCUT2D eigenvalue weighted by atomic mass is 10.2. The molecule has 2 aromatic carbocycles. The van der Waals surface area contributed by atoms with Crippen LogP contribution in [-0.2, 0) is 20.1 Å². The van der Waals surface area contributed by atoms with E-state index in [1.807, 2.05) is 47.9 Å². The van der Waals surface area contributed by atoms with Gasteiger partial charge in [0.25, 0.3) is 5.56 Å². The summed E-state index contributed by atoms with van der Waals surface area (Å²) in [6.07, 6.45) is 1.86. The second-order valence-electron chi connectivity index (χ2n) is 8.38. The predicted molar refractivity (Wildman–Crippen MR) is 134 cm³/mol. The molecule has 0 amide bonds. The average molecular weight is 480 g/mol. The van der Waals surface area contributed by atoms with Gasteiger partial charge in [-0.25, -0.2) is 4.79 Å². The summed E-state index contributed by atoms with van der Waals surface area (Å²) in [5, 5.41) is 0.563. The summed E-state index contributed by atoms with van der Waals surface area (Å²) < 4.78 is 10.2. The Hall–Kier alpha value is -3.52. The minimum absolute atomic E-state index is 0.144. The molecule has 0 aliphatic carbocycles. The van der Waals surface area contributed by atoms with Crippen molar-refractivity contribution in [3.8, 4) is 5.75 Å². The molecule has 0 saturated heterocycles. The van der Waals surface area contributed by atoms with Crippen molar-refractivity contribution in [1.82, 2.24) is 18.7 Å². The van der Waals surface area contributed by atoms with Gasteiger partial charge >= 0.3 is 5.69 Å². The van der Waals surface area contributed by atoms with Gasteiger partial charge in [0.1, 0.15) is 5.75 Å². The third-order valence-electron chi connectivity index (χ3n) is 6.16. The van der Waals surface area contributed by atoms with Crippen molar-refractivity contribution in [2.45, 2.75) is 32.9 Å². The number of hydrogen-bond donors (Lipinski definition) is 0. The van der Waals surface area contributed by atoms with Crippen molar-refractivity contribution in [1.29, 1.82) is 0 Å². The normalized spacial score (nSPS) is 13.7. The average Bonchev–Trinajstić information content (AvgIpc) is 3.09. The first kappa shape index (κ1) is 22.3. The fourth-order valence-electron chi connectivity index (χ4n) is 4.51. The van der Waals surface area contributed by atoms with Crippen molar-refractivity contribution in [3.63, 3.8) is 0 Å². The number of benzene rings is 2. The second kappa shape index (κ2) is 9.02. The van der Waals surface area contributed by atoms with E-state index in [-0.39, 0.29) is 12.1 Å². The molecule has 0 spiro atoms. The lowest BCUT2D eigenvalue weighted by Gasteiger charge is -2.22. The van der Waals surface area contributed by atoms with E-state index in [0.717, 1.165) is 36.4 Å². The number of hydrogen-bond acceptors (Lipinski definition) is 5. The monoisotopic (exact) mass is 479 g/mol. The summed E-state index contributed by atoms with van der Waals surface area (Å²) in [5.41, 5.74) is 1.84. The van der Waals surface area contributed by atoms with Crippen molar-refractivity contribution in [2.75, 3.05) is 18.1 Å². The first-order valence-corrected chi connectivity index (χ1v) is 11.8. The number of nitrogens with zero attached hydrogens (tertiary/aromatic N) is 5. The highest BCUT2D eigenvalue weighted by molar-refractivity contribution is 6.30. The third kappa shape index (κ3) is 3.88. The summed E-state index contributed by atoms with van der Waals surface area (Å²) in [6, 6.07) is 15.1. The molecule has 1 aliphatic rings. The zero-order valence-electron chi connectivity index (χ0n) is 19.2. The highest BCUT2D eigenvalue weighted by atomic mass is 35.5. The molecule has 0 atom stereocenters. The Balaban J connectivity index is 1.65. The smallest absolute Gasteiger partial charge is 0.332 e. The summed E-state index contributed by atoms with van der Waals surface area (Å²) in [5.74, 6) is 1.48. The molecule has 34 heavy (non-hydrogen) atoms. The summed E-state index contributed by atoms with van der Waals surface area (Å²) in [6.45, 7) is 4.12. The number of anilines is 2. The molecule has 3 heterocycles. The zero-order chi connectivity index (χ0) is 23.8. The molecule has 0 N–H and O–H groups in total. The standard InChI is InChI=1S/C25H26ClN5O3/c1-3-34-20-11-9-19(10-12-20)29-13-4-5-14-30-21-22(27-24(29)30)28(2)25(33)31(23(21)32)16-17-7-6-8-18(26)15-17/h6-12,15H,3-5,13-14,16H2,1-2H3. The molecular weight excluding hydrogens is 454 g/mol. The Kier molecular flexibility index (Phi) is 5.91. The Morgan fingerprint density at radius 1 is 1.06 bits per heavy atom. The van der Waals surface area contributed by atoms with Crippen molar-refractivity contribution < 1.29 is 4.74 Å². The van der Waals surface area contributed by atoms with E-state index in [2.05, 4.69) is 4.90 Å². The largest absolute Gasteiger partial charge is 0.494 e. The first-order valence-electron chi connectivity index (χ1n) is 11.4. The number of fused-ring (bicyclic) bond motifs is 3.